The van der Waals surface area contributed by atoms with Crippen molar-refractivity contribution < 1.29 is 4.79 Å². The molecule has 13 heavy (non-hydrogen) atoms. The maximum absolute atomic E-state index is 11.0. The summed E-state index contributed by atoms with van der Waals surface area (Å²) in [5.41, 5.74) is 0. The van der Waals surface area contributed by atoms with Gasteiger partial charge in [0, 0.05) is 5.92 Å². The molecule has 0 spiro atoms. The molecule has 0 saturated heterocycles. The van der Waals surface area contributed by atoms with Gasteiger partial charge in [-0.1, -0.05) is 34.1 Å². The maximum atomic E-state index is 11.0. The number of ketones is 1. The fourth-order valence-corrected chi connectivity index (χ4v) is 1.72. The summed E-state index contributed by atoms with van der Waals surface area (Å²) in [7, 11) is 0. The quantitative estimate of drug-likeness (QED) is 0.615. The van der Waals surface area contributed by atoms with E-state index in [0.29, 0.717) is 11.7 Å². The summed E-state index contributed by atoms with van der Waals surface area (Å²) in [6.07, 6.45) is 3.56. The van der Waals surface area contributed by atoms with E-state index in [-0.39, 0.29) is 5.92 Å². The first kappa shape index (κ1) is 12.7. The summed E-state index contributed by atoms with van der Waals surface area (Å²) in [5.74, 6) is 2.07. The number of hydrogen-bond donors (Lipinski definition) is 0. The minimum Gasteiger partial charge on any atom is -0.300 e. The summed E-state index contributed by atoms with van der Waals surface area (Å²) in [6.45, 7) is 10.5. The monoisotopic (exact) mass is 184 g/mol. The molecule has 3 unspecified atom stereocenters. The third-order valence-corrected chi connectivity index (χ3v) is 2.95. The molecule has 0 aromatic rings. The minimum absolute atomic E-state index is 0.249. The highest BCUT2D eigenvalue weighted by Crippen LogP contribution is 2.21. The zero-order valence-electron chi connectivity index (χ0n) is 9.76. The van der Waals surface area contributed by atoms with Crippen LogP contribution in [0.15, 0.2) is 0 Å². The van der Waals surface area contributed by atoms with Gasteiger partial charge in [-0.05, 0) is 31.6 Å². The lowest BCUT2D eigenvalue weighted by molar-refractivity contribution is -0.120. The van der Waals surface area contributed by atoms with E-state index in [1.54, 1.807) is 6.92 Å². The van der Waals surface area contributed by atoms with Crippen molar-refractivity contribution in [1.29, 1.82) is 0 Å². The first-order valence-electron chi connectivity index (χ1n) is 5.47. The molecule has 78 valence electrons. The van der Waals surface area contributed by atoms with Crippen LogP contribution in [0.3, 0.4) is 0 Å². The van der Waals surface area contributed by atoms with Gasteiger partial charge in [0.25, 0.3) is 0 Å². The zero-order chi connectivity index (χ0) is 10.4. The van der Waals surface area contributed by atoms with E-state index in [0.717, 1.165) is 12.3 Å². The summed E-state index contributed by atoms with van der Waals surface area (Å²) >= 11 is 0. The molecule has 0 rings (SSSR count). The molecule has 0 aromatic carbocycles. The maximum Gasteiger partial charge on any atom is 0.132 e. The predicted octanol–water partition coefficient (Wildman–Crippen LogP) is 3.67. The third kappa shape index (κ3) is 5.84. The summed E-state index contributed by atoms with van der Waals surface area (Å²) in [5, 5.41) is 0. The topological polar surface area (TPSA) is 17.1 Å². The number of carbonyl (C=O) groups excluding carboxylic acids is 1. The van der Waals surface area contributed by atoms with E-state index in [4.69, 9.17) is 0 Å². The highest BCUT2D eigenvalue weighted by molar-refractivity contribution is 5.77. The lowest BCUT2D eigenvalue weighted by Gasteiger charge is -2.18. The van der Waals surface area contributed by atoms with Gasteiger partial charge in [-0.25, -0.2) is 0 Å². The van der Waals surface area contributed by atoms with Crippen molar-refractivity contribution in [3.05, 3.63) is 0 Å². The highest BCUT2D eigenvalue weighted by Gasteiger charge is 2.14. The van der Waals surface area contributed by atoms with Crippen LogP contribution in [0.4, 0.5) is 0 Å². The van der Waals surface area contributed by atoms with E-state index in [1.807, 2.05) is 6.92 Å². The van der Waals surface area contributed by atoms with E-state index in [9.17, 15) is 4.79 Å². The van der Waals surface area contributed by atoms with Crippen molar-refractivity contribution >= 4 is 5.78 Å². The Hall–Kier alpha value is -0.330. The van der Waals surface area contributed by atoms with Gasteiger partial charge in [-0.3, -0.25) is 4.79 Å². The zero-order valence-corrected chi connectivity index (χ0v) is 9.76. The SMILES string of the molecule is CCC(C)CC(C)CC(C)C(C)=O. The Morgan fingerprint density at radius 1 is 1.08 bits per heavy atom. The van der Waals surface area contributed by atoms with Crippen LogP contribution in [-0.4, -0.2) is 5.78 Å². The first-order chi connectivity index (χ1) is 5.97. The molecule has 0 aliphatic carbocycles. The Labute approximate surface area is 82.9 Å². The second-order valence-electron chi connectivity index (χ2n) is 4.60. The smallest absolute Gasteiger partial charge is 0.132 e. The minimum atomic E-state index is 0.249. The van der Waals surface area contributed by atoms with E-state index >= 15 is 0 Å². The van der Waals surface area contributed by atoms with Crippen molar-refractivity contribution in [2.45, 2.75) is 53.9 Å². The van der Waals surface area contributed by atoms with Crippen LogP contribution in [0.25, 0.3) is 0 Å². The molecule has 0 radical (unpaired) electrons. The van der Waals surface area contributed by atoms with E-state index < -0.39 is 0 Å². The van der Waals surface area contributed by atoms with Gasteiger partial charge in [-0.15, -0.1) is 0 Å². The Balaban J connectivity index is 3.73. The van der Waals surface area contributed by atoms with Crippen LogP contribution in [-0.2, 0) is 4.79 Å². The number of Topliss-reactive ketones (excluding diaryl/α,β-unsaturated/α-hetero) is 1. The molecule has 1 heteroatoms. The Morgan fingerprint density at radius 2 is 1.62 bits per heavy atom. The Bertz CT molecular complexity index is 151. The predicted molar refractivity (Wildman–Crippen MR) is 57.7 cm³/mol. The fourth-order valence-electron chi connectivity index (χ4n) is 1.72. The van der Waals surface area contributed by atoms with Crippen LogP contribution >= 0.6 is 0 Å². The third-order valence-electron chi connectivity index (χ3n) is 2.95. The number of hydrogen-bond acceptors (Lipinski definition) is 1. The fraction of sp³-hybridized carbons (Fsp3) is 0.917. The average molecular weight is 184 g/mol. The van der Waals surface area contributed by atoms with Gasteiger partial charge in [0.2, 0.25) is 0 Å². The van der Waals surface area contributed by atoms with Crippen LogP contribution in [0.2, 0.25) is 0 Å². The Morgan fingerprint density at radius 3 is 2.00 bits per heavy atom. The van der Waals surface area contributed by atoms with Crippen LogP contribution in [0, 0.1) is 17.8 Å². The summed E-state index contributed by atoms with van der Waals surface area (Å²) in [6, 6.07) is 0. The number of carbonyl (C=O) groups is 1. The van der Waals surface area contributed by atoms with Crippen molar-refractivity contribution in [3.63, 3.8) is 0 Å². The van der Waals surface area contributed by atoms with Gasteiger partial charge >= 0.3 is 0 Å². The lowest BCUT2D eigenvalue weighted by atomic mass is 9.87. The normalized spacial score (nSPS) is 17.9. The van der Waals surface area contributed by atoms with Crippen molar-refractivity contribution in [2.75, 3.05) is 0 Å². The number of rotatable bonds is 6. The highest BCUT2D eigenvalue weighted by atomic mass is 16.1. The first-order valence-corrected chi connectivity index (χ1v) is 5.47. The molecule has 0 aliphatic heterocycles. The molecular formula is C12H24O. The second kappa shape index (κ2) is 6.17. The van der Waals surface area contributed by atoms with Gasteiger partial charge in [0.05, 0.1) is 0 Å². The largest absolute Gasteiger partial charge is 0.300 e. The second-order valence-corrected chi connectivity index (χ2v) is 4.60. The van der Waals surface area contributed by atoms with Crippen LogP contribution < -0.4 is 0 Å². The van der Waals surface area contributed by atoms with Gasteiger partial charge in [0.1, 0.15) is 5.78 Å². The molecule has 0 amide bonds. The molecule has 3 atom stereocenters. The van der Waals surface area contributed by atoms with E-state index in [1.165, 1.54) is 12.8 Å². The van der Waals surface area contributed by atoms with Crippen molar-refractivity contribution in [2.24, 2.45) is 17.8 Å². The molecule has 0 aromatic heterocycles. The lowest BCUT2D eigenvalue weighted by Crippen LogP contribution is -2.12. The Kier molecular flexibility index (Phi) is 6.02. The molecule has 0 heterocycles. The van der Waals surface area contributed by atoms with Crippen molar-refractivity contribution in [1.82, 2.24) is 0 Å². The molecule has 0 bridgehead atoms. The van der Waals surface area contributed by atoms with Gasteiger partial charge < -0.3 is 0 Å². The molecule has 0 fully saturated rings. The summed E-state index contributed by atoms with van der Waals surface area (Å²) < 4.78 is 0. The van der Waals surface area contributed by atoms with Crippen LogP contribution in [0.5, 0.6) is 0 Å². The molecule has 0 saturated carbocycles. The molecule has 0 aliphatic rings. The van der Waals surface area contributed by atoms with Gasteiger partial charge in [0.15, 0.2) is 0 Å². The molecular weight excluding hydrogens is 160 g/mol. The average Bonchev–Trinajstić information content (AvgIpc) is 2.03. The molecule has 1 nitrogen and oxygen atoms in total. The standard InChI is InChI=1S/C12H24O/c1-6-9(2)7-10(3)8-11(4)12(5)13/h9-11H,6-8H2,1-5H3. The van der Waals surface area contributed by atoms with Crippen molar-refractivity contribution in [3.8, 4) is 0 Å². The molecule has 0 N–H and O–H groups in total. The van der Waals surface area contributed by atoms with E-state index in [2.05, 4.69) is 20.8 Å². The van der Waals surface area contributed by atoms with Gasteiger partial charge in [-0.2, -0.15) is 0 Å². The van der Waals surface area contributed by atoms with Crippen LogP contribution in [0.1, 0.15) is 53.9 Å². The summed E-state index contributed by atoms with van der Waals surface area (Å²) in [4.78, 5) is 11.0.